The summed E-state index contributed by atoms with van der Waals surface area (Å²) in [7, 11) is 0. The summed E-state index contributed by atoms with van der Waals surface area (Å²) in [5.74, 6) is -0.0573. The van der Waals surface area contributed by atoms with Crippen molar-refractivity contribution in [3.05, 3.63) is 18.0 Å². The van der Waals surface area contributed by atoms with E-state index in [4.69, 9.17) is 10.5 Å². The summed E-state index contributed by atoms with van der Waals surface area (Å²) in [5.41, 5.74) is 6.89. The SMILES string of the molecule is CC(C)n1cc(N)cc1C(=O)NC1CCOC(C)(C)C1. The number of nitrogens with zero attached hydrogens (tertiary/aromatic N) is 1. The molecule has 3 N–H and O–H groups in total. The van der Waals surface area contributed by atoms with Crippen molar-refractivity contribution in [2.75, 3.05) is 12.3 Å². The first-order valence-electron chi connectivity index (χ1n) is 7.21. The van der Waals surface area contributed by atoms with Gasteiger partial charge in [0.05, 0.1) is 11.3 Å². The maximum atomic E-state index is 12.4. The summed E-state index contributed by atoms with van der Waals surface area (Å²) in [5, 5.41) is 3.10. The Hall–Kier alpha value is -1.49. The van der Waals surface area contributed by atoms with Crippen LogP contribution in [0.1, 0.15) is 57.1 Å². The lowest BCUT2D eigenvalue weighted by atomic mass is 9.94. The van der Waals surface area contributed by atoms with Gasteiger partial charge in [0.2, 0.25) is 0 Å². The van der Waals surface area contributed by atoms with Crippen molar-refractivity contribution < 1.29 is 9.53 Å². The number of carbonyl (C=O) groups excluding carboxylic acids is 1. The van der Waals surface area contributed by atoms with E-state index in [9.17, 15) is 4.79 Å². The highest BCUT2D eigenvalue weighted by molar-refractivity contribution is 5.94. The number of amides is 1. The quantitative estimate of drug-likeness (QED) is 0.892. The average Bonchev–Trinajstić information content (AvgIpc) is 2.70. The molecule has 0 aliphatic carbocycles. The van der Waals surface area contributed by atoms with Gasteiger partial charge in [-0.05, 0) is 46.6 Å². The van der Waals surface area contributed by atoms with Gasteiger partial charge < -0.3 is 20.4 Å². The maximum Gasteiger partial charge on any atom is 0.268 e. The number of nitrogens with one attached hydrogen (secondary N) is 1. The molecule has 20 heavy (non-hydrogen) atoms. The molecule has 1 fully saturated rings. The van der Waals surface area contributed by atoms with Crippen LogP contribution in [0, 0.1) is 0 Å². The van der Waals surface area contributed by atoms with Crippen molar-refractivity contribution in [1.29, 1.82) is 0 Å². The Morgan fingerprint density at radius 2 is 2.25 bits per heavy atom. The van der Waals surface area contributed by atoms with Crippen molar-refractivity contribution in [2.45, 2.75) is 58.2 Å². The maximum absolute atomic E-state index is 12.4. The smallest absolute Gasteiger partial charge is 0.268 e. The molecular formula is C15H25N3O2. The molecule has 2 rings (SSSR count). The zero-order chi connectivity index (χ0) is 14.9. The Morgan fingerprint density at radius 3 is 2.85 bits per heavy atom. The highest BCUT2D eigenvalue weighted by Gasteiger charge is 2.30. The zero-order valence-electron chi connectivity index (χ0n) is 12.8. The molecule has 0 aromatic carbocycles. The highest BCUT2D eigenvalue weighted by atomic mass is 16.5. The molecule has 1 unspecified atom stereocenters. The fourth-order valence-electron chi connectivity index (χ4n) is 2.72. The van der Waals surface area contributed by atoms with E-state index in [1.807, 2.05) is 24.6 Å². The van der Waals surface area contributed by atoms with Crippen LogP contribution in [0.5, 0.6) is 0 Å². The topological polar surface area (TPSA) is 69.3 Å². The zero-order valence-corrected chi connectivity index (χ0v) is 12.8. The molecule has 0 spiro atoms. The number of nitrogen functional groups attached to an aromatic ring is 1. The predicted molar refractivity (Wildman–Crippen MR) is 79.7 cm³/mol. The summed E-state index contributed by atoms with van der Waals surface area (Å²) in [6.07, 6.45) is 3.50. The number of ether oxygens (including phenoxy) is 1. The van der Waals surface area contributed by atoms with Crippen LogP contribution in [0.2, 0.25) is 0 Å². The third-order valence-electron chi connectivity index (χ3n) is 3.69. The first-order chi connectivity index (χ1) is 9.28. The molecule has 5 heteroatoms. The van der Waals surface area contributed by atoms with Gasteiger partial charge in [0.25, 0.3) is 5.91 Å². The summed E-state index contributed by atoms with van der Waals surface area (Å²) in [6.45, 7) is 8.87. The normalized spacial score (nSPS) is 21.9. The van der Waals surface area contributed by atoms with Crippen LogP contribution in [0.15, 0.2) is 12.3 Å². The van der Waals surface area contributed by atoms with Crippen LogP contribution < -0.4 is 11.1 Å². The largest absolute Gasteiger partial charge is 0.397 e. The van der Waals surface area contributed by atoms with E-state index in [2.05, 4.69) is 19.2 Å². The molecule has 1 atom stereocenters. The van der Waals surface area contributed by atoms with Gasteiger partial charge >= 0.3 is 0 Å². The minimum atomic E-state index is -0.171. The number of hydrogen-bond acceptors (Lipinski definition) is 3. The third kappa shape index (κ3) is 3.33. The number of hydrogen-bond donors (Lipinski definition) is 2. The summed E-state index contributed by atoms with van der Waals surface area (Å²) < 4.78 is 7.58. The minimum absolute atomic E-state index is 0.0573. The van der Waals surface area contributed by atoms with Crippen molar-refractivity contribution in [3.63, 3.8) is 0 Å². The van der Waals surface area contributed by atoms with Gasteiger partial charge in [0, 0.05) is 24.9 Å². The van der Waals surface area contributed by atoms with Crippen LogP contribution in [0.3, 0.4) is 0 Å². The van der Waals surface area contributed by atoms with Crippen LogP contribution in [0.25, 0.3) is 0 Å². The van der Waals surface area contributed by atoms with Gasteiger partial charge in [-0.15, -0.1) is 0 Å². The molecule has 0 saturated carbocycles. The van der Waals surface area contributed by atoms with E-state index >= 15 is 0 Å². The van der Waals surface area contributed by atoms with Crippen molar-refractivity contribution in [1.82, 2.24) is 9.88 Å². The molecule has 0 radical (unpaired) electrons. The second-order valence-electron chi connectivity index (χ2n) is 6.43. The van der Waals surface area contributed by atoms with Gasteiger partial charge in [0.15, 0.2) is 0 Å². The van der Waals surface area contributed by atoms with Crippen LogP contribution in [0.4, 0.5) is 5.69 Å². The number of rotatable bonds is 3. The Morgan fingerprint density at radius 1 is 1.55 bits per heavy atom. The first-order valence-corrected chi connectivity index (χ1v) is 7.21. The van der Waals surface area contributed by atoms with Gasteiger partial charge in [-0.2, -0.15) is 0 Å². The number of aromatic nitrogens is 1. The van der Waals surface area contributed by atoms with Gasteiger partial charge in [-0.1, -0.05) is 0 Å². The van der Waals surface area contributed by atoms with Crippen LogP contribution in [-0.4, -0.2) is 28.7 Å². The first kappa shape index (κ1) is 14.9. The molecule has 1 amide bonds. The number of nitrogens with two attached hydrogens (primary N) is 1. The second kappa shape index (κ2) is 5.48. The van der Waals surface area contributed by atoms with Gasteiger partial charge in [-0.25, -0.2) is 0 Å². The van der Waals surface area contributed by atoms with E-state index in [1.54, 1.807) is 6.07 Å². The fourth-order valence-corrected chi connectivity index (χ4v) is 2.72. The van der Waals surface area contributed by atoms with Crippen LogP contribution in [-0.2, 0) is 4.74 Å². The molecule has 1 saturated heterocycles. The standard InChI is InChI=1S/C15H25N3O2/c1-10(2)18-9-11(16)7-13(18)14(19)17-12-5-6-20-15(3,4)8-12/h7,9-10,12H,5-6,8,16H2,1-4H3,(H,17,19). The summed E-state index contributed by atoms with van der Waals surface area (Å²) in [6, 6.07) is 2.10. The monoisotopic (exact) mass is 279 g/mol. The van der Waals surface area contributed by atoms with Gasteiger partial charge in [-0.3, -0.25) is 4.79 Å². The Bertz CT molecular complexity index is 491. The lowest BCUT2D eigenvalue weighted by Crippen LogP contribution is -2.46. The average molecular weight is 279 g/mol. The molecule has 1 aromatic heterocycles. The lowest BCUT2D eigenvalue weighted by Gasteiger charge is -2.35. The number of anilines is 1. The Labute approximate surface area is 120 Å². The number of carbonyl (C=O) groups is 1. The van der Waals surface area contributed by atoms with Gasteiger partial charge in [0.1, 0.15) is 5.69 Å². The summed E-state index contributed by atoms with van der Waals surface area (Å²) in [4.78, 5) is 12.4. The second-order valence-corrected chi connectivity index (χ2v) is 6.43. The van der Waals surface area contributed by atoms with Crippen molar-refractivity contribution in [2.24, 2.45) is 0 Å². The fraction of sp³-hybridized carbons (Fsp3) is 0.667. The van der Waals surface area contributed by atoms with E-state index in [-0.39, 0.29) is 23.6 Å². The molecule has 2 heterocycles. The van der Waals surface area contributed by atoms with Crippen molar-refractivity contribution >= 4 is 11.6 Å². The molecule has 5 nitrogen and oxygen atoms in total. The molecule has 0 bridgehead atoms. The predicted octanol–water partition coefficient (Wildman–Crippen LogP) is 2.34. The highest BCUT2D eigenvalue weighted by Crippen LogP contribution is 2.24. The molecular weight excluding hydrogens is 254 g/mol. The third-order valence-corrected chi connectivity index (χ3v) is 3.69. The molecule has 1 aliphatic heterocycles. The molecule has 1 aromatic rings. The van der Waals surface area contributed by atoms with E-state index in [0.29, 0.717) is 18.0 Å². The van der Waals surface area contributed by atoms with Crippen LogP contribution >= 0.6 is 0 Å². The van der Waals surface area contributed by atoms with Crippen molar-refractivity contribution in [3.8, 4) is 0 Å². The minimum Gasteiger partial charge on any atom is -0.397 e. The molecule has 1 aliphatic rings. The molecule has 112 valence electrons. The summed E-state index contributed by atoms with van der Waals surface area (Å²) >= 11 is 0. The lowest BCUT2D eigenvalue weighted by molar-refractivity contribution is -0.0615. The Kier molecular flexibility index (Phi) is 4.09. The Balaban J connectivity index is 2.09. The van der Waals surface area contributed by atoms with E-state index in [0.717, 1.165) is 12.8 Å². The van der Waals surface area contributed by atoms with E-state index in [1.165, 1.54) is 0 Å². The van der Waals surface area contributed by atoms with E-state index < -0.39 is 0 Å².